The van der Waals surface area contributed by atoms with E-state index in [1.807, 2.05) is 6.92 Å². The van der Waals surface area contributed by atoms with Crippen molar-refractivity contribution >= 4 is 16.2 Å². The van der Waals surface area contributed by atoms with E-state index in [2.05, 4.69) is 9.44 Å². The zero-order valence-corrected chi connectivity index (χ0v) is 11.6. The molecule has 0 radical (unpaired) electrons. The summed E-state index contributed by atoms with van der Waals surface area (Å²) in [6, 6.07) is 0. The van der Waals surface area contributed by atoms with Crippen LogP contribution in [0, 0.1) is 0 Å². The van der Waals surface area contributed by atoms with Crippen molar-refractivity contribution in [1.82, 2.24) is 9.44 Å². The number of nitrogens with one attached hydrogen (secondary N) is 2. The summed E-state index contributed by atoms with van der Waals surface area (Å²) in [5, 5.41) is 8.95. The summed E-state index contributed by atoms with van der Waals surface area (Å²) in [6.45, 7) is 2.23. The van der Waals surface area contributed by atoms with Gasteiger partial charge in [-0.2, -0.15) is 13.1 Å². The first-order valence-electron chi connectivity index (χ1n) is 6.39. The Labute approximate surface area is 108 Å². The molecule has 6 nitrogen and oxygen atoms in total. The number of hydrogen-bond donors (Lipinski definition) is 3. The highest BCUT2D eigenvalue weighted by molar-refractivity contribution is 7.87. The van der Waals surface area contributed by atoms with E-state index in [-0.39, 0.29) is 6.42 Å². The lowest BCUT2D eigenvalue weighted by atomic mass is 9.80. The summed E-state index contributed by atoms with van der Waals surface area (Å²) < 4.78 is 28.6. The molecule has 1 fully saturated rings. The van der Waals surface area contributed by atoms with Crippen LogP contribution in [0.3, 0.4) is 0 Å². The summed E-state index contributed by atoms with van der Waals surface area (Å²) >= 11 is 0. The van der Waals surface area contributed by atoms with Crippen molar-refractivity contribution < 1.29 is 18.3 Å². The van der Waals surface area contributed by atoms with Crippen LogP contribution in [0.15, 0.2) is 0 Å². The van der Waals surface area contributed by atoms with Crippen molar-refractivity contribution in [1.29, 1.82) is 0 Å². The van der Waals surface area contributed by atoms with E-state index in [9.17, 15) is 13.2 Å². The molecule has 106 valence electrons. The van der Waals surface area contributed by atoms with Crippen molar-refractivity contribution in [2.24, 2.45) is 0 Å². The average Bonchev–Trinajstić information content (AvgIpc) is 2.25. The Morgan fingerprint density at radius 1 is 1.28 bits per heavy atom. The summed E-state index contributed by atoms with van der Waals surface area (Å²) in [7, 11) is -3.61. The van der Waals surface area contributed by atoms with Gasteiger partial charge >= 0.3 is 5.97 Å². The Morgan fingerprint density at radius 3 is 2.39 bits per heavy atom. The molecule has 3 N–H and O–H groups in total. The summed E-state index contributed by atoms with van der Waals surface area (Å²) in [5.74, 6) is -0.963. The fraction of sp³-hybridized carbons (Fsp3) is 0.909. The van der Waals surface area contributed by atoms with Gasteiger partial charge in [-0.05, 0) is 19.3 Å². The van der Waals surface area contributed by atoms with Crippen molar-refractivity contribution in [3.8, 4) is 0 Å². The van der Waals surface area contributed by atoms with Gasteiger partial charge in [-0.1, -0.05) is 26.2 Å². The van der Waals surface area contributed by atoms with Gasteiger partial charge in [0, 0.05) is 12.1 Å². The minimum Gasteiger partial charge on any atom is -0.481 e. The molecule has 7 heteroatoms. The van der Waals surface area contributed by atoms with Crippen LogP contribution in [-0.4, -0.2) is 31.6 Å². The fourth-order valence-electron chi connectivity index (χ4n) is 2.39. The standard InChI is InChI=1S/C11H22N2O4S/c1-2-8-12-18(16,17)13-11(9-10(14)15)6-4-3-5-7-11/h12-13H,2-9H2,1H3,(H,14,15). The van der Waals surface area contributed by atoms with Crippen molar-refractivity contribution in [2.75, 3.05) is 6.54 Å². The molecule has 0 spiro atoms. The van der Waals surface area contributed by atoms with Gasteiger partial charge in [0.25, 0.3) is 10.2 Å². The zero-order valence-electron chi connectivity index (χ0n) is 10.7. The minimum atomic E-state index is -3.61. The number of carboxylic acids is 1. The molecule has 0 unspecified atom stereocenters. The second kappa shape index (κ2) is 6.49. The number of aliphatic carboxylic acids is 1. The Bertz CT molecular complexity index is 375. The number of carboxylic acid groups (broad SMARTS) is 1. The number of hydrogen-bond acceptors (Lipinski definition) is 3. The molecule has 0 bridgehead atoms. The van der Waals surface area contributed by atoms with E-state index in [0.717, 1.165) is 19.3 Å². The Balaban J connectivity index is 2.74. The zero-order chi connectivity index (χ0) is 13.6. The molecule has 0 aliphatic heterocycles. The van der Waals surface area contributed by atoms with Gasteiger partial charge in [0.15, 0.2) is 0 Å². The number of rotatable bonds is 7. The van der Waals surface area contributed by atoms with Gasteiger partial charge in [-0.25, -0.2) is 4.72 Å². The maximum Gasteiger partial charge on any atom is 0.305 e. The predicted molar refractivity (Wildman–Crippen MR) is 68.4 cm³/mol. The van der Waals surface area contributed by atoms with Crippen molar-refractivity contribution in [3.05, 3.63) is 0 Å². The van der Waals surface area contributed by atoms with Crippen LogP contribution in [0.5, 0.6) is 0 Å². The van der Waals surface area contributed by atoms with E-state index in [4.69, 9.17) is 5.11 Å². The quantitative estimate of drug-likeness (QED) is 0.647. The molecule has 1 saturated carbocycles. The van der Waals surface area contributed by atoms with E-state index < -0.39 is 21.7 Å². The van der Waals surface area contributed by atoms with E-state index in [1.165, 1.54) is 0 Å². The van der Waals surface area contributed by atoms with Crippen LogP contribution in [-0.2, 0) is 15.0 Å². The Hall–Kier alpha value is -0.660. The van der Waals surface area contributed by atoms with Gasteiger partial charge in [0.05, 0.1) is 6.42 Å². The van der Waals surface area contributed by atoms with Crippen LogP contribution < -0.4 is 9.44 Å². The molecule has 18 heavy (non-hydrogen) atoms. The molecule has 0 atom stereocenters. The minimum absolute atomic E-state index is 0.153. The lowest BCUT2D eigenvalue weighted by Crippen LogP contribution is -2.54. The molecular formula is C11H22N2O4S. The summed E-state index contributed by atoms with van der Waals surface area (Å²) in [5.41, 5.74) is -0.816. The van der Waals surface area contributed by atoms with E-state index >= 15 is 0 Å². The summed E-state index contributed by atoms with van der Waals surface area (Å²) in [4.78, 5) is 10.9. The summed E-state index contributed by atoms with van der Waals surface area (Å²) in [6.07, 6.45) is 4.49. The van der Waals surface area contributed by atoms with Crippen LogP contribution in [0.1, 0.15) is 51.9 Å². The van der Waals surface area contributed by atoms with Crippen molar-refractivity contribution in [2.45, 2.75) is 57.4 Å². The first-order chi connectivity index (χ1) is 8.39. The van der Waals surface area contributed by atoms with E-state index in [0.29, 0.717) is 25.8 Å². The molecule has 0 aromatic carbocycles. The fourth-order valence-corrected chi connectivity index (χ4v) is 3.78. The normalized spacial score (nSPS) is 19.6. The van der Waals surface area contributed by atoms with Crippen LogP contribution >= 0.6 is 0 Å². The van der Waals surface area contributed by atoms with Crippen molar-refractivity contribution in [3.63, 3.8) is 0 Å². The highest BCUT2D eigenvalue weighted by Gasteiger charge is 2.37. The Morgan fingerprint density at radius 2 is 1.89 bits per heavy atom. The van der Waals surface area contributed by atoms with Gasteiger partial charge in [0.2, 0.25) is 0 Å². The first-order valence-corrected chi connectivity index (χ1v) is 7.88. The lowest BCUT2D eigenvalue weighted by molar-refractivity contribution is -0.138. The van der Waals surface area contributed by atoms with Gasteiger partial charge < -0.3 is 5.11 Å². The second-order valence-electron chi connectivity index (χ2n) is 4.91. The third-order valence-corrected chi connectivity index (χ3v) is 4.48. The number of carbonyl (C=O) groups is 1. The SMILES string of the molecule is CCCNS(=O)(=O)NC1(CC(=O)O)CCCCC1. The van der Waals surface area contributed by atoms with Gasteiger partial charge in [-0.3, -0.25) is 4.79 Å². The second-order valence-corrected chi connectivity index (χ2v) is 6.41. The monoisotopic (exact) mass is 278 g/mol. The van der Waals surface area contributed by atoms with Crippen LogP contribution in [0.4, 0.5) is 0 Å². The van der Waals surface area contributed by atoms with Gasteiger partial charge in [-0.15, -0.1) is 0 Å². The van der Waals surface area contributed by atoms with Crippen LogP contribution in [0.2, 0.25) is 0 Å². The highest BCUT2D eigenvalue weighted by Crippen LogP contribution is 2.31. The largest absolute Gasteiger partial charge is 0.481 e. The first kappa shape index (κ1) is 15.4. The van der Waals surface area contributed by atoms with Gasteiger partial charge in [0.1, 0.15) is 0 Å². The molecule has 1 aliphatic carbocycles. The third kappa shape index (κ3) is 4.91. The van der Waals surface area contributed by atoms with E-state index in [1.54, 1.807) is 0 Å². The highest BCUT2D eigenvalue weighted by atomic mass is 32.2. The topological polar surface area (TPSA) is 95.5 Å². The maximum atomic E-state index is 11.8. The molecule has 0 aromatic heterocycles. The van der Waals surface area contributed by atoms with Crippen LogP contribution in [0.25, 0.3) is 0 Å². The molecule has 1 rings (SSSR count). The molecule has 0 heterocycles. The average molecular weight is 278 g/mol. The maximum absolute atomic E-state index is 11.8. The molecule has 0 amide bonds. The molecule has 0 aromatic rings. The predicted octanol–water partition coefficient (Wildman–Crippen LogP) is 0.998. The third-order valence-electron chi connectivity index (χ3n) is 3.19. The molecule has 1 aliphatic rings. The molecule has 0 saturated heterocycles. The smallest absolute Gasteiger partial charge is 0.305 e. The molecular weight excluding hydrogens is 256 g/mol. The lowest BCUT2D eigenvalue weighted by Gasteiger charge is -2.36. The Kier molecular flexibility index (Phi) is 5.55.